The van der Waals surface area contributed by atoms with Crippen LogP contribution in [-0.4, -0.2) is 34.8 Å². The Morgan fingerprint density at radius 2 is 2.36 bits per heavy atom. The van der Waals surface area contributed by atoms with Crippen LogP contribution in [0.3, 0.4) is 0 Å². The fourth-order valence-electron chi connectivity index (χ4n) is 1.35. The second kappa shape index (κ2) is 5.03. The van der Waals surface area contributed by atoms with Crippen LogP contribution in [0.1, 0.15) is 26.7 Å². The zero-order valence-electron chi connectivity index (χ0n) is 8.78. The molecule has 1 fully saturated rings. The summed E-state index contributed by atoms with van der Waals surface area (Å²) in [6, 6.07) is 0. The first-order valence-corrected chi connectivity index (χ1v) is 5.96. The van der Waals surface area contributed by atoms with Crippen molar-refractivity contribution in [3.05, 3.63) is 0 Å². The van der Waals surface area contributed by atoms with Gasteiger partial charge in [0.2, 0.25) is 0 Å². The monoisotopic (exact) mass is 218 g/mol. The molecule has 0 aromatic rings. The molecule has 0 saturated carbocycles. The Hall–Kier alpha value is -0.220. The third-order valence-electron chi connectivity index (χ3n) is 2.53. The van der Waals surface area contributed by atoms with Crippen LogP contribution in [-0.2, 0) is 9.53 Å². The van der Waals surface area contributed by atoms with E-state index in [2.05, 4.69) is 0 Å². The lowest BCUT2D eigenvalue weighted by Gasteiger charge is -2.19. The lowest BCUT2D eigenvalue weighted by atomic mass is 10.1. The molecule has 0 bridgehead atoms. The second-order valence-corrected chi connectivity index (χ2v) is 5.90. The maximum absolute atomic E-state index is 10.8. The topological polar surface area (TPSA) is 46.5 Å². The summed E-state index contributed by atoms with van der Waals surface area (Å²) in [6.45, 7) is 5.24. The average Bonchev–Trinajstić information content (AvgIpc) is 2.56. The Morgan fingerprint density at radius 3 is 2.86 bits per heavy atom. The number of carboxylic acid groups (broad SMARTS) is 1. The van der Waals surface area contributed by atoms with Gasteiger partial charge in [0.25, 0.3) is 0 Å². The summed E-state index contributed by atoms with van der Waals surface area (Å²) in [5, 5.41) is 8.89. The van der Waals surface area contributed by atoms with E-state index in [4.69, 9.17) is 9.84 Å². The number of rotatable bonds is 5. The van der Waals surface area contributed by atoms with E-state index in [0.29, 0.717) is 5.92 Å². The summed E-state index contributed by atoms with van der Waals surface area (Å²) in [7, 11) is 0. The lowest BCUT2D eigenvalue weighted by molar-refractivity contribution is -0.138. The summed E-state index contributed by atoms with van der Waals surface area (Å²) < 4.78 is 4.61. The normalized spacial score (nSPS) is 22.6. The van der Waals surface area contributed by atoms with Crippen LogP contribution < -0.4 is 0 Å². The molecule has 1 heterocycles. The smallest absolute Gasteiger partial charge is 0.319 e. The van der Waals surface area contributed by atoms with Gasteiger partial charge in [0.15, 0.2) is 0 Å². The van der Waals surface area contributed by atoms with Gasteiger partial charge in [-0.2, -0.15) is 0 Å². The molecule has 3 nitrogen and oxygen atoms in total. The standard InChI is InChI=1S/C10H18O3S/c1-10(2,9(11)12)14-6-4-8-3-5-13-7-8/h8H,3-7H2,1-2H3,(H,11,12)/t8-/m0/s1. The predicted octanol–water partition coefficient (Wildman–Crippen LogP) is 2.01. The van der Waals surface area contributed by atoms with Crippen molar-refractivity contribution in [1.29, 1.82) is 0 Å². The number of carboxylic acids is 1. The van der Waals surface area contributed by atoms with E-state index < -0.39 is 10.7 Å². The first-order chi connectivity index (χ1) is 6.52. The average molecular weight is 218 g/mol. The number of carbonyl (C=O) groups is 1. The van der Waals surface area contributed by atoms with Crippen molar-refractivity contribution in [2.24, 2.45) is 5.92 Å². The molecule has 82 valence electrons. The molecule has 1 rings (SSSR count). The van der Waals surface area contributed by atoms with Crippen LogP contribution in [0.5, 0.6) is 0 Å². The van der Waals surface area contributed by atoms with Gasteiger partial charge >= 0.3 is 5.97 Å². The quantitative estimate of drug-likeness (QED) is 0.766. The summed E-state index contributed by atoms with van der Waals surface area (Å²) in [5.41, 5.74) is 0. The Balaban J connectivity index is 2.16. The molecular weight excluding hydrogens is 200 g/mol. The molecule has 1 atom stereocenters. The van der Waals surface area contributed by atoms with Gasteiger partial charge < -0.3 is 9.84 Å². The molecule has 1 saturated heterocycles. The van der Waals surface area contributed by atoms with E-state index in [9.17, 15) is 4.79 Å². The van der Waals surface area contributed by atoms with Crippen molar-refractivity contribution in [2.75, 3.05) is 19.0 Å². The van der Waals surface area contributed by atoms with Crippen LogP contribution in [0.2, 0.25) is 0 Å². The van der Waals surface area contributed by atoms with Crippen LogP contribution in [0.25, 0.3) is 0 Å². The first kappa shape index (κ1) is 11.9. The van der Waals surface area contributed by atoms with Crippen molar-refractivity contribution in [1.82, 2.24) is 0 Å². The molecule has 0 spiro atoms. The van der Waals surface area contributed by atoms with Crippen molar-refractivity contribution in [3.63, 3.8) is 0 Å². The molecule has 1 aliphatic rings. The van der Waals surface area contributed by atoms with E-state index in [-0.39, 0.29) is 0 Å². The molecule has 0 aromatic heterocycles. The summed E-state index contributed by atoms with van der Waals surface area (Å²) in [4.78, 5) is 10.8. The second-order valence-electron chi connectivity index (χ2n) is 4.18. The number of hydrogen-bond acceptors (Lipinski definition) is 3. The molecule has 0 aliphatic carbocycles. The van der Waals surface area contributed by atoms with Gasteiger partial charge in [0, 0.05) is 13.2 Å². The third-order valence-corrected chi connectivity index (χ3v) is 3.86. The van der Waals surface area contributed by atoms with Crippen LogP contribution >= 0.6 is 11.8 Å². The molecule has 0 aromatic carbocycles. The molecule has 0 amide bonds. The van der Waals surface area contributed by atoms with E-state index >= 15 is 0 Å². The summed E-state index contributed by atoms with van der Waals surface area (Å²) in [5.74, 6) is 0.824. The molecule has 4 heteroatoms. The minimum atomic E-state index is -0.731. The zero-order valence-corrected chi connectivity index (χ0v) is 9.60. The highest BCUT2D eigenvalue weighted by molar-refractivity contribution is 8.01. The lowest BCUT2D eigenvalue weighted by Crippen LogP contribution is -2.27. The summed E-state index contributed by atoms with van der Waals surface area (Å²) in [6.07, 6.45) is 2.20. The van der Waals surface area contributed by atoms with Gasteiger partial charge in [-0.3, -0.25) is 4.79 Å². The van der Waals surface area contributed by atoms with E-state index in [0.717, 1.165) is 31.8 Å². The van der Waals surface area contributed by atoms with Gasteiger partial charge in [-0.1, -0.05) is 0 Å². The Morgan fingerprint density at radius 1 is 1.64 bits per heavy atom. The SMILES string of the molecule is CC(C)(SCC[C@@H]1CCOC1)C(=O)O. The van der Waals surface area contributed by atoms with E-state index in [1.165, 1.54) is 11.8 Å². The van der Waals surface area contributed by atoms with Crippen molar-refractivity contribution >= 4 is 17.7 Å². The summed E-state index contributed by atoms with van der Waals surface area (Å²) >= 11 is 1.52. The highest BCUT2D eigenvalue weighted by Crippen LogP contribution is 2.27. The van der Waals surface area contributed by atoms with Gasteiger partial charge in [-0.15, -0.1) is 11.8 Å². The Bertz CT molecular complexity index is 198. The number of ether oxygens (including phenoxy) is 1. The molecule has 1 N–H and O–H groups in total. The van der Waals surface area contributed by atoms with E-state index in [1.807, 2.05) is 0 Å². The van der Waals surface area contributed by atoms with Crippen molar-refractivity contribution < 1.29 is 14.6 Å². The minimum absolute atomic E-state index is 0.645. The predicted molar refractivity (Wildman–Crippen MR) is 57.7 cm³/mol. The fraction of sp³-hybridized carbons (Fsp3) is 0.900. The third kappa shape index (κ3) is 3.50. The van der Waals surface area contributed by atoms with Crippen LogP contribution in [0, 0.1) is 5.92 Å². The van der Waals surface area contributed by atoms with Crippen LogP contribution in [0.4, 0.5) is 0 Å². The Kier molecular flexibility index (Phi) is 4.26. The highest BCUT2D eigenvalue weighted by atomic mass is 32.2. The minimum Gasteiger partial charge on any atom is -0.480 e. The number of aliphatic carboxylic acids is 1. The van der Waals surface area contributed by atoms with Gasteiger partial charge in [0.1, 0.15) is 4.75 Å². The highest BCUT2D eigenvalue weighted by Gasteiger charge is 2.27. The van der Waals surface area contributed by atoms with Gasteiger partial charge in [-0.05, 0) is 38.4 Å². The molecular formula is C10H18O3S. The van der Waals surface area contributed by atoms with E-state index in [1.54, 1.807) is 13.8 Å². The maximum atomic E-state index is 10.8. The van der Waals surface area contributed by atoms with Crippen molar-refractivity contribution in [3.8, 4) is 0 Å². The largest absolute Gasteiger partial charge is 0.480 e. The molecule has 14 heavy (non-hydrogen) atoms. The fourth-order valence-corrected chi connectivity index (χ4v) is 2.44. The molecule has 0 radical (unpaired) electrons. The zero-order chi connectivity index (χ0) is 10.6. The van der Waals surface area contributed by atoms with Crippen LogP contribution in [0.15, 0.2) is 0 Å². The van der Waals surface area contributed by atoms with Crippen molar-refractivity contribution in [2.45, 2.75) is 31.4 Å². The molecule has 1 aliphatic heterocycles. The maximum Gasteiger partial charge on any atom is 0.319 e. The molecule has 0 unspecified atom stereocenters. The number of hydrogen-bond donors (Lipinski definition) is 1. The number of thioether (sulfide) groups is 1. The first-order valence-electron chi connectivity index (χ1n) is 4.97. The Labute approximate surface area is 89.2 Å². The van der Waals surface area contributed by atoms with Gasteiger partial charge in [0.05, 0.1) is 0 Å². The van der Waals surface area contributed by atoms with Gasteiger partial charge in [-0.25, -0.2) is 0 Å².